The molecule has 0 saturated heterocycles. The summed E-state index contributed by atoms with van der Waals surface area (Å²) in [4.78, 5) is 11.5. The van der Waals surface area contributed by atoms with E-state index < -0.39 is 0 Å². The number of methoxy groups -OCH3 is 1. The van der Waals surface area contributed by atoms with Crippen molar-refractivity contribution in [1.82, 2.24) is 0 Å². The molecular formula is C17H18O2. The van der Waals surface area contributed by atoms with Gasteiger partial charge in [0.2, 0.25) is 0 Å². The fraction of sp³-hybridized carbons (Fsp3) is 0.235. The molecule has 1 atom stereocenters. The predicted octanol–water partition coefficient (Wildman–Crippen LogP) is 3.81. The Bertz CT molecular complexity index is 546. The molecule has 0 aliphatic heterocycles. The van der Waals surface area contributed by atoms with Crippen molar-refractivity contribution in [1.29, 1.82) is 0 Å². The smallest absolute Gasteiger partial charge is 0.130 e. The molecule has 0 spiro atoms. The van der Waals surface area contributed by atoms with Crippen molar-refractivity contribution < 1.29 is 9.53 Å². The van der Waals surface area contributed by atoms with E-state index in [2.05, 4.69) is 12.1 Å². The van der Waals surface area contributed by atoms with Crippen LogP contribution < -0.4 is 4.74 Å². The Morgan fingerprint density at radius 3 is 2.37 bits per heavy atom. The van der Waals surface area contributed by atoms with Gasteiger partial charge in [-0.05, 0) is 30.2 Å². The first kappa shape index (κ1) is 13.3. The molecule has 0 saturated carbocycles. The number of hydrogen-bond donors (Lipinski definition) is 0. The first-order valence-corrected chi connectivity index (χ1v) is 6.39. The Morgan fingerprint density at radius 1 is 1.05 bits per heavy atom. The highest BCUT2D eigenvalue weighted by molar-refractivity contribution is 5.77. The Hall–Kier alpha value is -2.09. The van der Waals surface area contributed by atoms with Crippen molar-refractivity contribution in [2.75, 3.05) is 7.11 Å². The van der Waals surface area contributed by atoms with Crippen LogP contribution in [0.4, 0.5) is 0 Å². The Kier molecular flexibility index (Phi) is 4.35. The van der Waals surface area contributed by atoms with Crippen LogP contribution >= 0.6 is 0 Å². The zero-order valence-corrected chi connectivity index (χ0v) is 11.3. The summed E-state index contributed by atoms with van der Waals surface area (Å²) in [5, 5.41) is 0. The number of ether oxygens (including phenoxy) is 1. The number of carbonyl (C=O) groups excluding carboxylic acids is 1. The molecule has 0 bridgehead atoms. The summed E-state index contributed by atoms with van der Waals surface area (Å²) in [6, 6.07) is 18.0. The molecule has 2 aromatic rings. The lowest BCUT2D eigenvalue weighted by atomic mass is 9.87. The van der Waals surface area contributed by atoms with E-state index in [1.54, 1.807) is 14.0 Å². The number of hydrogen-bond acceptors (Lipinski definition) is 2. The summed E-state index contributed by atoms with van der Waals surface area (Å²) < 4.78 is 5.26. The largest absolute Gasteiger partial charge is 0.497 e. The van der Waals surface area contributed by atoms with Crippen LogP contribution in [0.2, 0.25) is 0 Å². The fourth-order valence-corrected chi connectivity index (χ4v) is 2.26. The van der Waals surface area contributed by atoms with Crippen molar-refractivity contribution in [3.63, 3.8) is 0 Å². The van der Waals surface area contributed by atoms with Crippen LogP contribution in [0.15, 0.2) is 54.6 Å². The quantitative estimate of drug-likeness (QED) is 0.811. The lowest BCUT2D eigenvalue weighted by Crippen LogP contribution is -2.06. The van der Waals surface area contributed by atoms with E-state index in [1.807, 2.05) is 42.5 Å². The lowest BCUT2D eigenvalue weighted by molar-refractivity contribution is -0.117. The minimum atomic E-state index is 0.0915. The molecule has 2 heteroatoms. The average Bonchev–Trinajstić information content (AvgIpc) is 2.45. The number of rotatable bonds is 5. The van der Waals surface area contributed by atoms with Crippen LogP contribution in [0, 0.1) is 0 Å². The van der Waals surface area contributed by atoms with Gasteiger partial charge in [-0.25, -0.2) is 0 Å². The van der Waals surface area contributed by atoms with E-state index in [4.69, 9.17) is 4.74 Å². The highest BCUT2D eigenvalue weighted by atomic mass is 16.5. The molecule has 2 rings (SSSR count). The van der Waals surface area contributed by atoms with Gasteiger partial charge in [0.15, 0.2) is 0 Å². The number of Topliss-reactive ketones (excluding diaryl/α,β-unsaturated/α-hetero) is 1. The first-order chi connectivity index (χ1) is 9.20. The molecule has 2 nitrogen and oxygen atoms in total. The van der Waals surface area contributed by atoms with E-state index >= 15 is 0 Å². The van der Waals surface area contributed by atoms with Gasteiger partial charge >= 0.3 is 0 Å². The third-order valence-corrected chi connectivity index (χ3v) is 3.19. The molecule has 0 aromatic heterocycles. The van der Waals surface area contributed by atoms with Crippen LogP contribution in [0.5, 0.6) is 5.75 Å². The van der Waals surface area contributed by atoms with Crippen molar-refractivity contribution in [3.05, 3.63) is 65.7 Å². The number of ketones is 1. The summed E-state index contributed by atoms with van der Waals surface area (Å²) in [6.45, 7) is 1.64. The minimum absolute atomic E-state index is 0.0915. The molecule has 0 radical (unpaired) electrons. The highest BCUT2D eigenvalue weighted by Gasteiger charge is 2.16. The van der Waals surface area contributed by atoms with Gasteiger partial charge in [-0.3, -0.25) is 4.79 Å². The molecule has 1 unspecified atom stereocenters. The van der Waals surface area contributed by atoms with E-state index in [9.17, 15) is 4.79 Å². The maximum Gasteiger partial charge on any atom is 0.130 e. The van der Waals surface area contributed by atoms with Crippen LogP contribution in [0.3, 0.4) is 0 Å². The van der Waals surface area contributed by atoms with Gasteiger partial charge < -0.3 is 4.74 Å². The summed E-state index contributed by atoms with van der Waals surface area (Å²) in [5.41, 5.74) is 2.27. The third-order valence-electron chi connectivity index (χ3n) is 3.19. The molecule has 0 aliphatic rings. The van der Waals surface area contributed by atoms with E-state index in [0.717, 1.165) is 16.9 Å². The molecule has 0 amide bonds. The van der Waals surface area contributed by atoms with E-state index in [-0.39, 0.29) is 11.7 Å². The van der Waals surface area contributed by atoms with Gasteiger partial charge in [0, 0.05) is 12.3 Å². The first-order valence-electron chi connectivity index (χ1n) is 6.39. The van der Waals surface area contributed by atoms with Gasteiger partial charge in [-0.1, -0.05) is 42.5 Å². The normalized spacial score (nSPS) is 11.9. The van der Waals surface area contributed by atoms with Gasteiger partial charge in [0.25, 0.3) is 0 Å². The molecule has 98 valence electrons. The van der Waals surface area contributed by atoms with Crippen molar-refractivity contribution in [2.45, 2.75) is 19.3 Å². The predicted molar refractivity (Wildman–Crippen MR) is 76.6 cm³/mol. The zero-order valence-electron chi connectivity index (χ0n) is 11.3. The molecule has 0 heterocycles. The monoisotopic (exact) mass is 254 g/mol. The van der Waals surface area contributed by atoms with Crippen LogP contribution in [0.25, 0.3) is 0 Å². The number of carbonyl (C=O) groups is 1. The maximum absolute atomic E-state index is 11.5. The molecule has 0 N–H and O–H groups in total. The summed E-state index contributed by atoms with van der Waals surface area (Å²) in [5.74, 6) is 1.10. The van der Waals surface area contributed by atoms with Crippen molar-refractivity contribution in [2.24, 2.45) is 0 Å². The Morgan fingerprint density at radius 2 is 1.74 bits per heavy atom. The van der Waals surface area contributed by atoms with Gasteiger partial charge in [0.05, 0.1) is 7.11 Å². The summed E-state index contributed by atoms with van der Waals surface area (Å²) in [7, 11) is 1.65. The van der Waals surface area contributed by atoms with Crippen molar-refractivity contribution >= 4 is 5.78 Å². The molecule has 2 aromatic carbocycles. The molecule has 0 fully saturated rings. The van der Waals surface area contributed by atoms with E-state index in [0.29, 0.717) is 6.42 Å². The lowest BCUT2D eigenvalue weighted by Gasteiger charge is -2.17. The number of benzene rings is 2. The summed E-state index contributed by atoms with van der Waals surface area (Å²) >= 11 is 0. The summed E-state index contributed by atoms with van der Waals surface area (Å²) in [6.07, 6.45) is 0.511. The van der Waals surface area contributed by atoms with Crippen LogP contribution in [-0.2, 0) is 4.79 Å². The van der Waals surface area contributed by atoms with Crippen molar-refractivity contribution in [3.8, 4) is 5.75 Å². The standard InChI is InChI=1S/C17H18O2/c1-13(18)11-17(14-7-4-3-5-8-14)15-9-6-10-16(12-15)19-2/h3-10,12,17H,11H2,1-2H3. The third kappa shape index (κ3) is 3.44. The van der Waals surface area contributed by atoms with Gasteiger partial charge in [-0.15, -0.1) is 0 Å². The second-order valence-corrected chi connectivity index (χ2v) is 4.65. The average molecular weight is 254 g/mol. The van der Waals surface area contributed by atoms with Crippen LogP contribution in [-0.4, -0.2) is 12.9 Å². The zero-order chi connectivity index (χ0) is 13.7. The Labute approximate surface area is 114 Å². The fourth-order valence-electron chi connectivity index (χ4n) is 2.26. The molecule has 19 heavy (non-hydrogen) atoms. The van der Waals surface area contributed by atoms with Crippen LogP contribution in [0.1, 0.15) is 30.4 Å². The van der Waals surface area contributed by atoms with Gasteiger partial charge in [0.1, 0.15) is 11.5 Å². The molecular weight excluding hydrogens is 236 g/mol. The topological polar surface area (TPSA) is 26.3 Å². The van der Waals surface area contributed by atoms with Gasteiger partial charge in [-0.2, -0.15) is 0 Å². The second-order valence-electron chi connectivity index (χ2n) is 4.65. The molecule has 0 aliphatic carbocycles. The second kappa shape index (κ2) is 6.19. The minimum Gasteiger partial charge on any atom is -0.497 e. The SMILES string of the molecule is COc1cccc(C(CC(C)=O)c2ccccc2)c1. The van der Waals surface area contributed by atoms with E-state index in [1.165, 1.54) is 0 Å². The highest BCUT2D eigenvalue weighted by Crippen LogP contribution is 2.30. The Balaban J connectivity index is 2.39. The maximum atomic E-state index is 11.5.